The maximum absolute atomic E-state index is 12.3. The summed E-state index contributed by atoms with van der Waals surface area (Å²) in [6, 6.07) is 2.60. The molecule has 7 heteroatoms. The van der Waals surface area contributed by atoms with Crippen LogP contribution in [0.1, 0.15) is 41.6 Å². The van der Waals surface area contributed by atoms with Crippen LogP contribution >= 0.6 is 15.9 Å². The van der Waals surface area contributed by atoms with Gasteiger partial charge in [-0.05, 0) is 37.5 Å². The Morgan fingerprint density at radius 1 is 1.35 bits per heavy atom. The van der Waals surface area contributed by atoms with Crippen LogP contribution in [0.3, 0.4) is 0 Å². The molecule has 20 heavy (non-hydrogen) atoms. The monoisotopic (exact) mass is 361 g/mol. The number of halogens is 1. The van der Waals surface area contributed by atoms with Crippen LogP contribution in [0.2, 0.25) is 0 Å². The largest absolute Gasteiger partial charge is 0.478 e. The van der Waals surface area contributed by atoms with Crippen molar-refractivity contribution in [1.29, 1.82) is 0 Å². The SMILES string of the molecule is Cc1c(Br)cc(S(=O)(=O)NC2CCCC2)cc1C(=O)O. The normalized spacial score (nSPS) is 16.5. The average molecular weight is 362 g/mol. The van der Waals surface area contributed by atoms with Crippen molar-refractivity contribution in [2.24, 2.45) is 0 Å². The Labute approximate surface area is 126 Å². The zero-order valence-corrected chi connectivity index (χ0v) is 13.4. The van der Waals surface area contributed by atoms with E-state index in [2.05, 4.69) is 20.7 Å². The zero-order valence-electron chi connectivity index (χ0n) is 11.0. The molecule has 0 saturated heterocycles. The second-order valence-electron chi connectivity index (χ2n) is 4.99. The van der Waals surface area contributed by atoms with E-state index < -0.39 is 16.0 Å². The summed E-state index contributed by atoms with van der Waals surface area (Å²) in [4.78, 5) is 11.1. The van der Waals surface area contributed by atoms with Gasteiger partial charge in [-0.15, -0.1) is 0 Å². The molecule has 2 N–H and O–H groups in total. The predicted octanol–water partition coefficient (Wildman–Crippen LogP) is 2.68. The summed E-state index contributed by atoms with van der Waals surface area (Å²) in [5.74, 6) is -1.14. The van der Waals surface area contributed by atoms with Crippen molar-refractivity contribution in [3.63, 3.8) is 0 Å². The third kappa shape index (κ3) is 3.21. The van der Waals surface area contributed by atoms with E-state index in [1.54, 1.807) is 6.92 Å². The minimum atomic E-state index is -3.68. The molecule has 1 aliphatic carbocycles. The molecule has 5 nitrogen and oxygen atoms in total. The Bertz CT molecular complexity index is 636. The van der Waals surface area contributed by atoms with Gasteiger partial charge in [0.05, 0.1) is 10.5 Å². The van der Waals surface area contributed by atoms with Crippen molar-refractivity contribution in [2.75, 3.05) is 0 Å². The fraction of sp³-hybridized carbons (Fsp3) is 0.462. The number of aromatic carboxylic acids is 1. The molecule has 0 aromatic heterocycles. The van der Waals surface area contributed by atoms with E-state index in [-0.39, 0.29) is 16.5 Å². The first-order chi connectivity index (χ1) is 9.31. The molecule has 1 aliphatic rings. The molecule has 2 rings (SSSR count). The number of benzene rings is 1. The van der Waals surface area contributed by atoms with Crippen LogP contribution in [0.15, 0.2) is 21.5 Å². The number of sulfonamides is 1. The van der Waals surface area contributed by atoms with Gasteiger partial charge in [-0.25, -0.2) is 17.9 Å². The van der Waals surface area contributed by atoms with Gasteiger partial charge in [0.2, 0.25) is 10.0 Å². The summed E-state index contributed by atoms with van der Waals surface area (Å²) in [7, 11) is -3.68. The van der Waals surface area contributed by atoms with E-state index >= 15 is 0 Å². The number of rotatable bonds is 4. The Balaban J connectivity index is 2.38. The number of carboxylic acids is 1. The van der Waals surface area contributed by atoms with Gasteiger partial charge in [-0.2, -0.15) is 0 Å². The van der Waals surface area contributed by atoms with Crippen molar-refractivity contribution >= 4 is 31.9 Å². The summed E-state index contributed by atoms with van der Waals surface area (Å²) in [6.45, 7) is 1.63. The maximum Gasteiger partial charge on any atom is 0.336 e. The molecule has 0 spiro atoms. The number of carbonyl (C=O) groups is 1. The molecule has 1 aromatic rings. The fourth-order valence-corrected chi connectivity index (χ4v) is 4.33. The Morgan fingerprint density at radius 3 is 2.50 bits per heavy atom. The second-order valence-corrected chi connectivity index (χ2v) is 7.55. The molecule has 0 unspecified atom stereocenters. The van der Waals surface area contributed by atoms with E-state index in [1.165, 1.54) is 12.1 Å². The van der Waals surface area contributed by atoms with Crippen LogP contribution in [0, 0.1) is 6.92 Å². The molecule has 1 aromatic carbocycles. The molecule has 110 valence electrons. The van der Waals surface area contributed by atoms with Gasteiger partial charge >= 0.3 is 5.97 Å². The van der Waals surface area contributed by atoms with E-state index in [0.717, 1.165) is 25.7 Å². The lowest BCUT2D eigenvalue weighted by molar-refractivity contribution is 0.0695. The zero-order chi connectivity index (χ0) is 14.9. The van der Waals surface area contributed by atoms with Crippen molar-refractivity contribution in [2.45, 2.75) is 43.5 Å². The first-order valence-electron chi connectivity index (χ1n) is 6.37. The molecule has 0 bridgehead atoms. The predicted molar refractivity (Wildman–Crippen MR) is 78.4 cm³/mol. The summed E-state index contributed by atoms with van der Waals surface area (Å²) < 4.78 is 27.7. The smallest absolute Gasteiger partial charge is 0.336 e. The summed E-state index contributed by atoms with van der Waals surface area (Å²) in [6.07, 6.45) is 3.70. The molecule has 0 heterocycles. The van der Waals surface area contributed by atoms with Gasteiger partial charge in [0.15, 0.2) is 0 Å². The molecule has 0 atom stereocenters. The summed E-state index contributed by atoms with van der Waals surface area (Å²) in [5.41, 5.74) is 0.503. The lowest BCUT2D eigenvalue weighted by Crippen LogP contribution is -2.32. The third-order valence-electron chi connectivity index (χ3n) is 3.54. The van der Waals surface area contributed by atoms with Crippen LogP contribution in [0.5, 0.6) is 0 Å². The van der Waals surface area contributed by atoms with E-state index in [9.17, 15) is 13.2 Å². The molecular formula is C13H16BrNO4S. The Morgan fingerprint density at radius 2 is 1.95 bits per heavy atom. The summed E-state index contributed by atoms with van der Waals surface area (Å²) in [5, 5.41) is 9.13. The van der Waals surface area contributed by atoms with E-state index in [4.69, 9.17) is 5.11 Å². The first-order valence-corrected chi connectivity index (χ1v) is 8.64. The lowest BCUT2D eigenvalue weighted by Gasteiger charge is -2.14. The fourth-order valence-electron chi connectivity index (χ4n) is 2.36. The minimum absolute atomic E-state index is 0.00817. The lowest BCUT2D eigenvalue weighted by atomic mass is 10.1. The minimum Gasteiger partial charge on any atom is -0.478 e. The van der Waals surface area contributed by atoms with Crippen LogP contribution in [0.25, 0.3) is 0 Å². The maximum atomic E-state index is 12.3. The van der Waals surface area contributed by atoms with Crippen LogP contribution < -0.4 is 4.72 Å². The van der Waals surface area contributed by atoms with Gasteiger partial charge in [0.25, 0.3) is 0 Å². The van der Waals surface area contributed by atoms with Gasteiger partial charge < -0.3 is 5.11 Å². The Hall–Kier alpha value is -0.920. The van der Waals surface area contributed by atoms with Crippen molar-refractivity contribution in [3.05, 3.63) is 27.7 Å². The molecular weight excluding hydrogens is 346 g/mol. The molecule has 1 saturated carbocycles. The molecule has 0 aliphatic heterocycles. The van der Waals surface area contributed by atoms with Gasteiger partial charge in [-0.3, -0.25) is 0 Å². The second kappa shape index (κ2) is 5.83. The first kappa shape index (κ1) is 15.5. The summed E-state index contributed by atoms with van der Waals surface area (Å²) >= 11 is 3.21. The highest BCUT2D eigenvalue weighted by molar-refractivity contribution is 9.10. The highest BCUT2D eigenvalue weighted by Gasteiger charge is 2.25. The highest BCUT2D eigenvalue weighted by Crippen LogP contribution is 2.26. The molecule has 0 amide bonds. The number of nitrogens with one attached hydrogen (secondary N) is 1. The number of hydrogen-bond donors (Lipinski definition) is 2. The van der Waals surface area contributed by atoms with Crippen molar-refractivity contribution in [1.82, 2.24) is 4.72 Å². The van der Waals surface area contributed by atoms with Gasteiger partial charge in [-0.1, -0.05) is 28.8 Å². The molecule has 0 radical (unpaired) electrons. The standard InChI is InChI=1S/C13H16BrNO4S/c1-8-11(13(16)17)6-10(7-12(8)14)20(18,19)15-9-4-2-3-5-9/h6-7,9,15H,2-5H2,1H3,(H,16,17). The third-order valence-corrected chi connectivity index (χ3v) is 5.86. The van der Waals surface area contributed by atoms with E-state index in [1.807, 2.05) is 0 Å². The topological polar surface area (TPSA) is 83.5 Å². The van der Waals surface area contributed by atoms with Gasteiger partial charge in [0.1, 0.15) is 0 Å². The van der Waals surface area contributed by atoms with Crippen LogP contribution in [-0.4, -0.2) is 25.5 Å². The van der Waals surface area contributed by atoms with E-state index in [0.29, 0.717) is 10.0 Å². The Kier molecular flexibility index (Phi) is 4.51. The average Bonchev–Trinajstić information content (AvgIpc) is 2.83. The molecule has 1 fully saturated rings. The van der Waals surface area contributed by atoms with Crippen molar-refractivity contribution < 1.29 is 18.3 Å². The van der Waals surface area contributed by atoms with Gasteiger partial charge in [0, 0.05) is 10.5 Å². The van der Waals surface area contributed by atoms with Crippen LogP contribution in [0.4, 0.5) is 0 Å². The van der Waals surface area contributed by atoms with Crippen molar-refractivity contribution in [3.8, 4) is 0 Å². The quantitative estimate of drug-likeness (QED) is 0.863. The number of hydrogen-bond acceptors (Lipinski definition) is 3. The highest BCUT2D eigenvalue weighted by atomic mass is 79.9. The van der Waals surface area contributed by atoms with Crippen LogP contribution in [-0.2, 0) is 10.0 Å². The number of carboxylic acid groups (broad SMARTS) is 1.